The fourth-order valence-corrected chi connectivity index (χ4v) is 1.46. The molecule has 4 nitrogen and oxygen atoms in total. The van der Waals surface area contributed by atoms with E-state index in [0.29, 0.717) is 5.69 Å². The van der Waals surface area contributed by atoms with Crippen molar-refractivity contribution < 1.29 is 9.18 Å². The van der Waals surface area contributed by atoms with E-state index in [4.69, 9.17) is 0 Å². The SMILES string of the molecule is CN(C(=O)Nc1ccc(F)cc1)C1CNC1. The number of hydrogen-bond acceptors (Lipinski definition) is 2. The summed E-state index contributed by atoms with van der Waals surface area (Å²) in [5.74, 6) is -0.311. The van der Waals surface area contributed by atoms with Crippen LogP contribution in [0.4, 0.5) is 14.9 Å². The third kappa shape index (κ3) is 2.30. The zero-order chi connectivity index (χ0) is 11.5. The number of nitrogens with zero attached hydrogens (tertiary/aromatic N) is 1. The van der Waals surface area contributed by atoms with E-state index in [1.165, 1.54) is 12.1 Å². The van der Waals surface area contributed by atoms with Gasteiger partial charge in [0, 0.05) is 25.8 Å². The normalized spacial score (nSPS) is 15.4. The van der Waals surface area contributed by atoms with Gasteiger partial charge in [-0.3, -0.25) is 0 Å². The Labute approximate surface area is 93.4 Å². The van der Waals surface area contributed by atoms with Gasteiger partial charge in [0.2, 0.25) is 0 Å². The van der Waals surface area contributed by atoms with Crippen molar-refractivity contribution in [1.82, 2.24) is 10.2 Å². The van der Waals surface area contributed by atoms with Crippen LogP contribution in [-0.4, -0.2) is 37.1 Å². The third-order valence-electron chi connectivity index (χ3n) is 2.72. The first-order valence-corrected chi connectivity index (χ1v) is 5.17. The summed E-state index contributed by atoms with van der Waals surface area (Å²) < 4.78 is 12.6. The van der Waals surface area contributed by atoms with Gasteiger partial charge in [-0.2, -0.15) is 0 Å². The second-order valence-electron chi connectivity index (χ2n) is 3.86. The summed E-state index contributed by atoms with van der Waals surface area (Å²) in [6.45, 7) is 1.65. The van der Waals surface area contributed by atoms with Gasteiger partial charge in [-0.15, -0.1) is 0 Å². The van der Waals surface area contributed by atoms with E-state index in [9.17, 15) is 9.18 Å². The van der Waals surface area contributed by atoms with Gasteiger partial charge in [0.25, 0.3) is 0 Å². The number of hydrogen-bond donors (Lipinski definition) is 2. The highest BCUT2D eigenvalue weighted by Crippen LogP contribution is 2.10. The molecule has 2 amide bonds. The second kappa shape index (κ2) is 4.49. The molecule has 1 aromatic carbocycles. The molecule has 1 aliphatic rings. The Hall–Kier alpha value is -1.62. The van der Waals surface area contributed by atoms with Gasteiger partial charge in [-0.1, -0.05) is 0 Å². The first-order chi connectivity index (χ1) is 7.66. The van der Waals surface area contributed by atoms with E-state index in [1.807, 2.05) is 0 Å². The van der Waals surface area contributed by atoms with Crippen LogP contribution in [0.25, 0.3) is 0 Å². The Kier molecular flexibility index (Phi) is 3.05. The molecule has 1 aromatic rings. The van der Waals surface area contributed by atoms with Crippen molar-refractivity contribution in [1.29, 1.82) is 0 Å². The second-order valence-corrected chi connectivity index (χ2v) is 3.86. The standard InChI is InChI=1S/C11H14FN3O/c1-15(10-6-13-7-10)11(16)14-9-4-2-8(12)3-5-9/h2-5,10,13H,6-7H2,1H3,(H,14,16). The van der Waals surface area contributed by atoms with E-state index < -0.39 is 0 Å². The quantitative estimate of drug-likeness (QED) is 0.792. The molecule has 0 saturated carbocycles. The molecule has 1 saturated heterocycles. The maximum absolute atomic E-state index is 12.6. The molecule has 2 N–H and O–H groups in total. The largest absolute Gasteiger partial charge is 0.322 e. The lowest BCUT2D eigenvalue weighted by Gasteiger charge is -2.35. The third-order valence-corrected chi connectivity index (χ3v) is 2.72. The van der Waals surface area contributed by atoms with E-state index >= 15 is 0 Å². The summed E-state index contributed by atoms with van der Waals surface area (Å²) in [6.07, 6.45) is 0. The number of rotatable bonds is 2. The molecule has 0 atom stereocenters. The molecule has 5 heteroatoms. The van der Waals surface area contributed by atoms with E-state index in [1.54, 1.807) is 24.1 Å². The Balaban J connectivity index is 1.93. The van der Waals surface area contributed by atoms with Crippen molar-refractivity contribution in [3.8, 4) is 0 Å². The molecule has 16 heavy (non-hydrogen) atoms. The molecule has 0 unspecified atom stereocenters. The van der Waals surface area contributed by atoms with Crippen LogP contribution in [0.3, 0.4) is 0 Å². The zero-order valence-electron chi connectivity index (χ0n) is 9.03. The molecule has 86 valence electrons. The van der Waals surface area contributed by atoms with E-state index in [0.717, 1.165) is 13.1 Å². The van der Waals surface area contributed by atoms with Gasteiger partial charge in [0.05, 0.1) is 6.04 Å². The van der Waals surface area contributed by atoms with Gasteiger partial charge in [-0.05, 0) is 24.3 Å². The summed E-state index contributed by atoms with van der Waals surface area (Å²) in [6, 6.07) is 5.81. The van der Waals surface area contributed by atoms with Crippen LogP contribution < -0.4 is 10.6 Å². The molecule has 0 spiro atoms. The van der Waals surface area contributed by atoms with Crippen molar-refractivity contribution in [2.45, 2.75) is 6.04 Å². The first-order valence-electron chi connectivity index (χ1n) is 5.17. The minimum Gasteiger partial charge on any atom is -0.322 e. The lowest BCUT2D eigenvalue weighted by Crippen LogP contribution is -2.58. The summed E-state index contributed by atoms with van der Waals surface area (Å²) in [7, 11) is 1.75. The Morgan fingerprint density at radius 1 is 1.44 bits per heavy atom. The Morgan fingerprint density at radius 2 is 2.06 bits per heavy atom. The number of carbonyl (C=O) groups excluding carboxylic acids is 1. The van der Waals surface area contributed by atoms with Crippen molar-refractivity contribution in [2.75, 3.05) is 25.5 Å². The predicted octanol–water partition coefficient (Wildman–Crippen LogP) is 1.26. The summed E-state index contributed by atoms with van der Waals surface area (Å²) in [5.41, 5.74) is 0.602. The van der Waals surface area contributed by atoms with Crippen LogP contribution in [-0.2, 0) is 0 Å². The maximum atomic E-state index is 12.6. The minimum atomic E-state index is -0.311. The average molecular weight is 223 g/mol. The molecule has 1 aliphatic heterocycles. The van der Waals surface area contributed by atoms with Gasteiger partial charge >= 0.3 is 6.03 Å². The van der Waals surface area contributed by atoms with Crippen LogP contribution in [0, 0.1) is 5.82 Å². The molecule has 0 aliphatic carbocycles. The fourth-order valence-electron chi connectivity index (χ4n) is 1.46. The molecule has 0 radical (unpaired) electrons. The van der Waals surface area contributed by atoms with Crippen LogP contribution >= 0.6 is 0 Å². The van der Waals surface area contributed by atoms with Gasteiger partial charge in [-0.25, -0.2) is 9.18 Å². The molecular weight excluding hydrogens is 209 g/mol. The van der Waals surface area contributed by atoms with Crippen LogP contribution in [0.2, 0.25) is 0 Å². The smallest absolute Gasteiger partial charge is 0.321 e. The first kappa shape index (κ1) is 10.9. The number of nitrogens with one attached hydrogen (secondary N) is 2. The van der Waals surface area contributed by atoms with E-state index in [2.05, 4.69) is 10.6 Å². The number of anilines is 1. The number of benzene rings is 1. The molecule has 0 aromatic heterocycles. The lowest BCUT2D eigenvalue weighted by molar-refractivity contribution is 0.180. The Morgan fingerprint density at radius 3 is 2.56 bits per heavy atom. The van der Waals surface area contributed by atoms with Crippen LogP contribution in [0.1, 0.15) is 0 Å². The van der Waals surface area contributed by atoms with Crippen LogP contribution in [0.15, 0.2) is 24.3 Å². The molecule has 1 fully saturated rings. The number of amides is 2. The molecule has 0 bridgehead atoms. The number of halogens is 1. The summed E-state index contributed by atoms with van der Waals surface area (Å²) >= 11 is 0. The van der Waals surface area contributed by atoms with Crippen LogP contribution in [0.5, 0.6) is 0 Å². The molecular formula is C11H14FN3O. The van der Waals surface area contributed by atoms with Gasteiger partial charge < -0.3 is 15.5 Å². The highest BCUT2D eigenvalue weighted by Gasteiger charge is 2.25. The van der Waals surface area contributed by atoms with Gasteiger partial charge in [0.1, 0.15) is 5.82 Å². The predicted molar refractivity (Wildman–Crippen MR) is 59.8 cm³/mol. The van der Waals surface area contributed by atoms with Gasteiger partial charge in [0.15, 0.2) is 0 Å². The highest BCUT2D eigenvalue weighted by molar-refractivity contribution is 5.89. The monoisotopic (exact) mass is 223 g/mol. The minimum absolute atomic E-state index is 0.168. The highest BCUT2D eigenvalue weighted by atomic mass is 19.1. The summed E-state index contributed by atoms with van der Waals surface area (Å²) in [4.78, 5) is 13.4. The molecule has 1 heterocycles. The topological polar surface area (TPSA) is 44.4 Å². The van der Waals surface area contributed by atoms with Crippen molar-refractivity contribution in [3.05, 3.63) is 30.1 Å². The number of carbonyl (C=O) groups is 1. The zero-order valence-corrected chi connectivity index (χ0v) is 9.03. The number of urea groups is 1. The molecule has 2 rings (SSSR count). The Bertz CT molecular complexity index is 375. The van der Waals surface area contributed by atoms with Crippen molar-refractivity contribution in [3.63, 3.8) is 0 Å². The van der Waals surface area contributed by atoms with Crippen molar-refractivity contribution >= 4 is 11.7 Å². The summed E-state index contributed by atoms with van der Waals surface area (Å²) in [5, 5.41) is 5.81. The fraction of sp³-hybridized carbons (Fsp3) is 0.364. The lowest BCUT2D eigenvalue weighted by atomic mass is 10.1. The maximum Gasteiger partial charge on any atom is 0.321 e. The van der Waals surface area contributed by atoms with E-state index in [-0.39, 0.29) is 17.9 Å². The number of likely N-dealkylation sites (N-methyl/N-ethyl adjacent to an activating group) is 1. The average Bonchev–Trinajstić information content (AvgIpc) is 2.19. The van der Waals surface area contributed by atoms with Crippen molar-refractivity contribution in [2.24, 2.45) is 0 Å².